The largest absolute Gasteiger partial charge is 0.463 e. The van der Waals surface area contributed by atoms with E-state index in [0.717, 1.165) is 21.5 Å². The zero-order chi connectivity index (χ0) is 24.2. The minimum Gasteiger partial charge on any atom is -0.463 e. The third-order valence-electron chi connectivity index (χ3n) is 4.90. The van der Waals surface area contributed by atoms with Crippen molar-refractivity contribution in [2.75, 3.05) is 6.61 Å². The Morgan fingerprint density at radius 1 is 0.909 bits per heavy atom. The molecule has 3 rings (SSSR count). The van der Waals surface area contributed by atoms with Gasteiger partial charge in [-0.25, -0.2) is 14.4 Å². The van der Waals surface area contributed by atoms with Crippen molar-refractivity contribution in [3.8, 4) is 0 Å². The Morgan fingerprint density at radius 3 is 1.97 bits per heavy atom. The Balaban J connectivity index is 2.00. The molecule has 0 saturated carbocycles. The van der Waals surface area contributed by atoms with E-state index in [0.29, 0.717) is 5.56 Å². The molecule has 0 spiro atoms. The van der Waals surface area contributed by atoms with Crippen LogP contribution in [0.5, 0.6) is 0 Å². The van der Waals surface area contributed by atoms with Gasteiger partial charge >= 0.3 is 18.0 Å². The van der Waals surface area contributed by atoms with Crippen LogP contribution in [0.3, 0.4) is 0 Å². The van der Waals surface area contributed by atoms with Crippen molar-refractivity contribution in [3.63, 3.8) is 0 Å². The lowest BCUT2D eigenvalue weighted by Gasteiger charge is -2.24. The molecule has 7 nitrogen and oxygen atoms in total. The Bertz CT molecular complexity index is 1130. The molecule has 0 heterocycles. The smallest absolute Gasteiger partial charge is 0.408 e. The topological polar surface area (TPSA) is 90.9 Å². The maximum atomic E-state index is 13.0. The normalized spacial score (nSPS) is 13.2. The number of hydrogen-bond donors (Lipinski definition) is 1. The van der Waals surface area contributed by atoms with Crippen LogP contribution in [0.25, 0.3) is 21.5 Å². The van der Waals surface area contributed by atoms with Crippen molar-refractivity contribution in [2.45, 2.75) is 52.4 Å². The minimum atomic E-state index is -1.31. The summed E-state index contributed by atoms with van der Waals surface area (Å²) < 4.78 is 16.1. The van der Waals surface area contributed by atoms with Crippen LogP contribution in [0, 0.1) is 0 Å². The molecule has 33 heavy (non-hydrogen) atoms. The molecule has 0 aliphatic rings. The average Bonchev–Trinajstić information content (AvgIpc) is 2.74. The highest BCUT2D eigenvalue weighted by molar-refractivity contribution is 6.05. The standard InChI is InChI=1S/C26H29NO6/c1-6-31-24(29)22(32-23(28)16(2)27-25(30)33-26(3,4)5)21-19-13-9-7-11-17(19)15-18-12-8-10-14-20(18)21/h7-16,22H,6H2,1-5H3,(H,27,30)/t16-,22+/m0/s1. The summed E-state index contributed by atoms with van der Waals surface area (Å²) in [4.78, 5) is 38.0. The number of nitrogens with one attached hydrogen (secondary N) is 1. The molecule has 0 radical (unpaired) electrons. The molecule has 7 heteroatoms. The van der Waals surface area contributed by atoms with E-state index >= 15 is 0 Å². The van der Waals surface area contributed by atoms with Crippen molar-refractivity contribution in [1.82, 2.24) is 5.32 Å². The van der Waals surface area contributed by atoms with Gasteiger partial charge in [0.25, 0.3) is 0 Å². The molecular weight excluding hydrogens is 422 g/mol. The lowest BCUT2D eigenvalue weighted by Crippen LogP contribution is -2.43. The quantitative estimate of drug-likeness (QED) is 0.320. The number of benzene rings is 3. The van der Waals surface area contributed by atoms with E-state index in [-0.39, 0.29) is 6.61 Å². The van der Waals surface area contributed by atoms with Gasteiger partial charge in [0.2, 0.25) is 6.10 Å². The number of fused-ring (bicyclic) bond motifs is 2. The second-order valence-electron chi connectivity index (χ2n) is 8.67. The molecule has 3 aromatic carbocycles. The number of alkyl carbamates (subject to hydrolysis) is 1. The summed E-state index contributed by atoms with van der Waals surface area (Å²) in [7, 11) is 0. The fourth-order valence-electron chi connectivity index (χ4n) is 3.54. The van der Waals surface area contributed by atoms with Gasteiger partial charge in [-0.15, -0.1) is 0 Å². The second-order valence-corrected chi connectivity index (χ2v) is 8.67. The molecule has 0 saturated heterocycles. The van der Waals surface area contributed by atoms with Crippen LogP contribution in [0.2, 0.25) is 0 Å². The SMILES string of the molecule is CCOC(=O)[C@H](OC(=O)[C@H](C)NC(=O)OC(C)(C)C)c1c2ccccc2cc2ccccc12. The molecule has 0 aromatic heterocycles. The van der Waals surface area contributed by atoms with Crippen molar-refractivity contribution < 1.29 is 28.6 Å². The van der Waals surface area contributed by atoms with E-state index in [1.165, 1.54) is 6.92 Å². The minimum absolute atomic E-state index is 0.126. The van der Waals surface area contributed by atoms with Gasteiger partial charge in [-0.1, -0.05) is 48.5 Å². The molecule has 0 unspecified atom stereocenters. The van der Waals surface area contributed by atoms with Gasteiger partial charge in [0, 0.05) is 5.56 Å². The zero-order valence-electron chi connectivity index (χ0n) is 19.5. The maximum Gasteiger partial charge on any atom is 0.408 e. The molecule has 0 bridgehead atoms. The molecule has 174 valence electrons. The molecule has 0 aliphatic carbocycles. The summed E-state index contributed by atoms with van der Waals surface area (Å²) in [5, 5.41) is 5.80. The van der Waals surface area contributed by atoms with Crippen molar-refractivity contribution in [3.05, 3.63) is 60.2 Å². The van der Waals surface area contributed by atoms with Gasteiger partial charge in [0.15, 0.2) is 0 Å². The zero-order valence-corrected chi connectivity index (χ0v) is 19.5. The van der Waals surface area contributed by atoms with Crippen LogP contribution >= 0.6 is 0 Å². The summed E-state index contributed by atoms with van der Waals surface area (Å²) in [6.07, 6.45) is -2.06. The molecule has 0 fully saturated rings. The number of rotatable bonds is 6. The van der Waals surface area contributed by atoms with Gasteiger partial charge in [0.05, 0.1) is 6.61 Å². The van der Waals surface area contributed by atoms with Gasteiger partial charge < -0.3 is 19.5 Å². The Labute approximate surface area is 193 Å². The monoisotopic (exact) mass is 451 g/mol. The number of esters is 2. The summed E-state index contributed by atoms with van der Waals surface area (Å²) in [6.45, 7) is 8.44. The van der Waals surface area contributed by atoms with Crippen LogP contribution < -0.4 is 5.32 Å². The molecule has 2 atom stereocenters. The number of ether oxygens (including phenoxy) is 3. The predicted octanol–water partition coefficient (Wildman–Crippen LogP) is 5.05. The summed E-state index contributed by atoms with van der Waals surface area (Å²) in [5.74, 6) is -1.47. The van der Waals surface area contributed by atoms with Gasteiger partial charge in [-0.2, -0.15) is 0 Å². The molecule has 0 aliphatic heterocycles. The number of carbonyl (C=O) groups excluding carboxylic acids is 3. The van der Waals surface area contributed by atoms with Crippen molar-refractivity contribution in [1.29, 1.82) is 0 Å². The second kappa shape index (κ2) is 9.90. The number of carbonyl (C=O) groups is 3. The molecule has 3 aromatic rings. The third kappa shape index (κ3) is 5.80. The first-order valence-corrected chi connectivity index (χ1v) is 10.9. The van der Waals surface area contributed by atoms with Gasteiger partial charge in [0.1, 0.15) is 11.6 Å². The van der Waals surface area contributed by atoms with Gasteiger partial charge in [-0.3, -0.25) is 0 Å². The molecule has 1 amide bonds. The summed E-state index contributed by atoms with van der Waals surface area (Å²) in [6, 6.07) is 16.1. The van der Waals surface area contributed by atoms with E-state index in [9.17, 15) is 14.4 Å². The average molecular weight is 452 g/mol. The van der Waals surface area contributed by atoms with Crippen LogP contribution in [0.4, 0.5) is 4.79 Å². The fourth-order valence-corrected chi connectivity index (χ4v) is 3.54. The van der Waals surface area contributed by atoms with Gasteiger partial charge in [-0.05, 0) is 62.2 Å². The summed E-state index contributed by atoms with van der Waals surface area (Å²) >= 11 is 0. The first-order valence-electron chi connectivity index (χ1n) is 10.9. The third-order valence-corrected chi connectivity index (χ3v) is 4.90. The maximum absolute atomic E-state index is 13.0. The van der Waals surface area contributed by atoms with Crippen LogP contribution in [0.15, 0.2) is 54.6 Å². The Kier molecular flexibility index (Phi) is 7.21. The number of hydrogen-bond acceptors (Lipinski definition) is 6. The van der Waals surface area contributed by atoms with Crippen molar-refractivity contribution in [2.24, 2.45) is 0 Å². The van der Waals surface area contributed by atoms with Crippen LogP contribution in [-0.2, 0) is 23.8 Å². The van der Waals surface area contributed by atoms with Crippen LogP contribution in [0.1, 0.15) is 46.3 Å². The first-order chi connectivity index (χ1) is 15.6. The van der Waals surface area contributed by atoms with Crippen molar-refractivity contribution >= 4 is 39.6 Å². The first kappa shape index (κ1) is 24.0. The highest BCUT2D eigenvalue weighted by Gasteiger charge is 2.32. The fraction of sp³-hybridized carbons (Fsp3) is 0.346. The van der Waals surface area contributed by atoms with E-state index < -0.39 is 35.8 Å². The van der Waals surface area contributed by atoms with E-state index in [2.05, 4.69) is 5.32 Å². The summed E-state index contributed by atoms with van der Waals surface area (Å²) in [5.41, 5.74) is -0.178. The number of amides is 1. The predicted molar refractivity (Wildman–Crippen MR) is 126 cm³/mol. The Hall–Kier alpha value is -3.61. The van der Waals surface area contributed by atoms with E-state index in [1.807, 2.05) is 54.6 Å². The highest BCUT2D eigenvalue weighted by Crippen LogP contribution is 2.35. The van der Waals surface area contributed by atoms with Crippen LogP contribution in [-0.4, -0.2) is 36.3 Å². The van der Waals surface area contributed by atoms with E-state index in [1.54, 1.807) is 27.7 Å². The highest BCUT2D eigenvalue weighted by atomic mass is 16.6. The lowest BCUT2D eigenvalue weighted by atomic mass is 9.93. The molecule has 1 N–H and O–H groups in total. The van der Waals surface area contributed by atoms with E-state index in [4.69, 9.17) is 14.2 Å². The molecular formula is C26H29NO6. The Morgan fingerprint density at radius 2 is 1.45 bits per heavy atom. The lowest BCUT2D eigenvalue weighted by molar-refractivity contribution is -0.169.